The van der Waals surface area contributed by atoms with Gasteiger partial charge in [0.1, 0.15) is 17.3 Å². The minimum absolute atomic E-state index is 0.0132. The second kappa shape index (κ2) is 11.6. The molecular weight excluding hydrogens is 590 g/mol. The van der Waals surface area contributed by atoms with Crippen molar-refractivity contribution < 1.29 is 27.2 Å². The lowest BCUT2D eigenvalue weighted by atomic mass is 10.1. The van der Waals surface area contributed by atoms with Gasteiger partial charge in [0.25, 0.3) is 5.91 Å². The minimum Gasteiger partial charge on any atom is -0.497 e. The highest BCUT2D eigenvalue weighted by Gasteiger charge is 2.46. The van der Waals surface area contributed by atoms with E-state index >= 15 is 0 Å². The van der Waals surface area contributed by atoms with E-state index in [4.69, 9.17) is 20.8 Å². The molecule has 0 spiro atoms. The van der Waals surface area contributed by atoms with Crippen molar-refractivity contribution in [3.05, 3.63) is 108 Å². The Bertz CT molecular complexity index is 1890. The third-order valence-corrected chi connectivity index (χ3v) is 9.47. The van der Waals surface area contributed by atoms with Gasteiger partial charge in [-0.25, -0.2) is 18.3 Å². The quantitative estimate of drug-likeness (QED) is 0.195. The number of hydrogen-bond donors (Lipinski definition) is 0. The largest absolute Gasteiger partial charge is 0.497 e. The van der Waals surface area contributed by atoms with Crippen LogP contribution in [0.2, 0.25) is 5.02 Å². The molecule has 1 aliphatic heterocycles. The SMILES string of the molecule is COc1ccc(S(=O)(=O)N(CCc2cccc(Cl)c2)C2CC(=O)N(c3ccc(-c4nc5ccccc5o4)cc3)C2=O)cc1. The smallest absolute Gasteiger partial charge is 0.252 e. The molecule has 1 aromatic heterocycles. The van der Waals surface area contributed by atoms with Crippen LogP contribution in [0.25, 0.3) is 22.6 Å². The Morgan fingerprint density at radius 2 is 1.72 bits per heavy atom. The van der Waals surface area contributed by atoms with Crippen LogP contribution >= 0.6 is 11.6 Å². The number of oxazole rings is 1. The molecule has 4 aromatic carbocycles. The van der Waals surface area contributed by atoms with Gasteiger partial charge in [0.05, 0.1) is 24.1 Å². The molecule has 1 atom stereocenters. The van der Waals surface area contributed by atoms with Crippen LogP contribution < -0.4 is 9.64 Å². The number of hydrogen-bond acceptors (Lipinski definition) is 7. The van der Waals surface area contributed by atoms with E-state index in [1.54, 1.807) is 42.5 Å². The molecule has 0 aliphatic carbocycles. The van der Waals surface area contributed by atoms with Crippen LogP contribution in [0.5, 0.6) is 5.75 Å². The fraction of sp³-hybridized carbons (Fsp3) is 0.156. The summed E-state index contributed by atoms with van der Waals surface area (Å²) >= 11 is 6.14. The summed E-state index contributed by atoms with van der Waals surface area (Å²) in [6.07, 6.45) is -0.0102. The van der Waals surface area contributed by atoms with E-state index in [9.17, 15) is 18.0 Å². The predicted octanol–water partition coefficient (Wildman–Crippen LogP) is 5.72. The topological polar surface area (TPSA) is 110 Å². The number of nitrogens with zero attached hydrogens (tertiary/aromatic N) is 3. The summed E-state index contributed by atoms with van der Waals surface area (Å²) in [5.41, 5.74) is 3.15. The number of carbonyl (C=O) groups is 2. The van der Waals surface area contributed by atoms with E-state index in [0.717, 1.165) is 14.8 Å². The Morgan fingerprint density at radius 3 is 2.42 bits per heavy atom. The number of aromatic nitrogens is 1. The first-order valence-electron chi connectivity index (χ1n) is 13.5. The Labute approximate surface area is 253 Å². The van der Waals surface area contributed by atoms with Crippen LogP contribution in [0.4, 0.5) is 5.69 Å². The summed E-state index contributed by atoms with van der Waals surface area (Å²) in [7, 11) is -2.70. The molecule has 0 radical (unpaired) electrons. The van der Waals surface area contributed by atoms with Crippen molar-refractivity contribution in [2.24, 2.45) is 0 Å². The number of halogens is 1. The molecule has 218 valence electrons. The number of benzene rings is 4. The molecule has 1 aliphatic rings. The van der Waals surface area contributed by atoms with Crippen LogP contribution in [0, 0.1) is 0 Å². The fourth-order valence-electron chi connectivity index (χ4n) is 5.12. The van der Waals surface area contributed by atoms with E-state index < -0.39 is 27.9 Å². The van der Waals surface area contributed by atoms with Crippen molar-refractivity contribution in [3.8, 4) is 17.2 Å². The molecule has 1 saturated heterocycles. The maximum atomic E-state index is 13.9. The third-order valence-electron chi connectivity index (χ3n) is 7.31. The number of anilines is 1. The summed E-state index contributed by atoms with van der Waals surface area (Å²) in [4.78, 5) is 32.6. The molecule has 0 saturated carbocycles. The molecule has 9 nitrogen and oxygen atoms in total. The summed E-state index contributed by atoms with van der Waals surface area (Å²) < 4.78 is 40.0. The van der Waals surface area contributed by atoms with Crippen LogP contribution in [-0.4, -0.2) is 49.2 Å². The summed E-state index contributed by atoms with van der Waals surface area (Å²) in [5.74, 6) is -0.225. The maximum absolute atomic E-state index is 13.9. The van der Waals surface area contributed by atoms with Crippen molar-refractivity contribution in [2.75, 3.05) is 18.6 Å². The lowest BCUT2D eigenvalue weighted by molar-refractivity contribution is -0.122. The number of ether oxygens (including phenoxy) is 1. The molecular formula is C32H26ClN3O6S. The van der Waals surface area contributed by atoms with Gasteiger partial charge in [-0.15, -0.1) is 0 Å². The summed E-state index contributed by atoms with van der Waals surface area (Å²) in [5, 5.41) is 0.515. The molecule has 2 heterocycles. The third kappa shape index (κ3) is 5.64. The molecule has 0 bridgehead atoms. The molecule has 1 unspecified atom stereocenters. The summed E-state index contributed by atoms with van der Waals surface area (Å²) in [6.45, 7) is -0.0388. The second-order valence-electron chi connectivity index (χ2n) is 9.99. The molecule has 5 aromatic rings. The van der Waals surface area contributed by atoms with Gasteiger partial charge < -0.3 is 9.15 Å². The van der Waals surface area contributed by atoms with E-state index in [-0.39, 0.29) is 24.3 Å². The van der Waals surface area contributed by atoms with Crippen molar-refractivity contribution in [1.82, 2.24) is 9.29 Å². The average molecular weight is 616 g/mol. The molecule has 2 amide bonds. The normalized spacial score (nSPS) is 15.5. The Balaban J connectivity index is 1.29. The van der Waals surface area contributed by atoms with Crippen LogP contribution in [0.15, 0.2) is 106 Å². The standard InChI is InChI=1S/C32H26ClN3O6S/c1-41-25-13-15-26(16-14-25)43(39,40)35(18-17-21-5-4-6-23(33)19-21)28-20-30(37)36(32(28)38)24-11-9-22(10-12-24)31-34-27-7-2-3-8-29(27)42-31/h2-16,19,28H,17-18,20H2,1H3. The second-order valence-corrected chi connectivity index (χ2v) is 12.3. The van der Waals surface area contributed by atoms with E-state index in [1.165, 1.54) is 31.4 Å². The fourth-order valence-corrected chi connectivity index (χ4v) is 6.91. The van der Waals surface area contributed by atoms with E-state index in [1.807, 2.05) is 30.3 Å². The lowest BCUT2D eigenvalue weighted by Crippen LogP contribution is -2.46. The molecule has 43 heavy (non-hydrogen) atoms. The number of sulfonamides is 1. The van der Waals surface area contributed by atoms with Crippen molar-refractivity contribution in [2.45, 2.75) is 23.8 Å². The number of carbonyl (C=O) groups excluding carboxylic acids is 2. The molecule has 6 rings (SSSR count). The van der Waals surface area contributed by atoms with Gasteiger partial charge in [0.15, 0.2) is 5.58 Å². The van der Waals surface area contributed by atoms with Crippen molar-refractivity contribution in [1.29, 1.82) is 0 Å². The number of fused-ring (bicyclic) bond motifs is 1. The Hall–Kier alpha value is -4.51. The lowest BCUT2D eigenvalue weighted by Gasteiger charge is -2.27. The number of para-hydroxylation sites is 2. The molecule has 0 N–H and O–H groups in total. The summed E-state index contributed by atoms with van der Waals surface area (Å²) in [6, 6.07) is 25.8. The highest BCUT2D eigenvalue weighted by molar-refractivity contribution is 7.89. The van der Waals surface area contributed by atoms with Gasteiger partial charge in [-0.3, -0.25) is 9.59 Å². The molecule has 1 fully saturated rings. The average Bonchev–Trinajstić information content (AvgIpc) is 3.57. The van der Waals surface area contributed by atoms with Gasteiger partial charge in [-0.05, 0) is 84.8 Å². The minimum atomic E-state index is -4.18. The Kier molecular flexibility index (Phi) is 7.74. The van der Waals surface area contributed by atoms with Crippen LogP contribution in [-0.2, 0) is 26.0 Å². The number of methoxy groups -OCH3 is 1. The first-order valence-corrected chi connectivity index (χ1v) is 15.3. The monoisotopic (exact) mass is 615 g/mol. The van der Waals surface area contributed by atoms with Gasteiger partial charge in [0, 0.05) is 17.1 Å². The van der Waals surface area contributed by atoms with Gasteiger partial charge >= 0.3 is 0 Å². The van der Waals surface area contributed by atoms with Gasteiger partial charge in [-0.2, -0.15) is 4.31 Å². The molecule has 11 heteroatoms. The van der Waals surface area contributed by atoms with Crippen LogP contribution in [0.1, 0.15) is 12.0 Å². The first-order chi connectivity index (χ1) is 20.7. The highest BCUT2D eigenvalue weighted by atomic mass is 35.5. The predicted molar refractivity (Wildman–Crippen MR) is 162 cm³/mol. The zero-order chi connectivity index (χ0) is 30.1. The number of imide groups is 1. The van der Waals surface area contributed by atoms with Crippen molar-refractivity contribution in [3.63, 3.8) is 0 Å². The zero-order valence-electron chi connectivity index (χ0n) is 23.0. The number of amides is 2. The highest BCUT2D eigenvalue weighted by Crippen LogP contribution is 2.32. The van der Waals surface area contributed by atoms with E-state index in [0.29, 0.717) is 39.0 Å². The number of rotatable bonds is 9. The first kappa shape index (κ1) is 28.6. The van der Waals surface area contributed by atoms with Crippen LogP contribution in [0.3, 0.4) is 0 Å². The van der Waals surface area contributed by atoms with Gasteiger partial charge in [-0.1, -0.05) is 35.9 Å². The zero-order valence-corrected chi connectivity index (χ0v) is 24.6. The van der Waals surface area contributed by atoms with Gasteiger partial charge in [0.2, 0.25) is 21.8 Å². The van der Waals surface area contributed by atoms with Crippen molar-refractivity contribution >= 4 is 50.2 Å². The van der Waals surface area contributed by atoms with E-state index in [2.05, 4.69) is 4.98 Å². The maximum Gasteiger partial charge on any atom is 0.252 e. The Morgan fingerprint density at radius 1 is 0.977 bits per heavy atom.